The van der Waals surface area contributed by atoms with Crippen LogP contribution in [0.15, 0.2) is 40.5 Å². The van der Waals surface area contributed by atoms with Crippen LogP contribution in [0.5, 0.6) is 0 Å². The first-order valence-electron chi connectivity index (χ1n) is 5.54. The van der Waals surface area contributed by atoms with Crippen molar-refractivity contribution in [3.63, 3.8) is 0 Å². The van der Waals surface area contributed by atoms with Crippen molar-refractivity contribution in [2.45, 2.75) is 9.92 Å². The standard InChI is InChI=1S/C10H13N5O4S2/c1-15-6-13-9(11)10(15)21(18,19)14-7-4-2-3-5-8(7)20(12,16)17/h2-6,14H,11H2,1H3,(H2,12,16,17). The molecule has 0 amide bonds. The van der Waals surface area contributed by atoms with E-state index < -0.39 is 20.0 Å². The zero-order valence-electron chi connectivity index (χ0n) is 10.9. The molecule has 2 rings (SSSR count). The fraction of sp³-hybridized carbons (Fsp3) is 0.100. The van der Waals surface area contributed by atoms with Gasteiger partial charge in [-0.15, -0.1) is 0 Å². The number of benzene rings is 1. The molecule has 0 saturated carbocycles. The van der Waals surface area contributed by atoms with Crippen LogP contribution >= 0.6 is 0 Å². The van der Waals surface area contributed by atoms with E-state index in [1.54, 1.807) is 0 Å². The van der Waals surface area contributed by atoms with Crippen LogP contribution in [0.3, 0.4) is 0 Å². The van der Waals surface area contributed by atoms with Crippen molar-refractivity contribution >= 4 is 31.6 Å². The Hall–Kier alpha value is -2.11. The lowest BCUT2D eigenvalue weighted by Crippen LogP contribution is -2.21. The predicted octanol–water partition coefficient (Wildman–Crippen LogP) is -0.550. The van der Waals surface area contributed by atoms with Gasteiger partial charge in [0.05, 0.1) is 12.0 Å². The number of imidazole rings is 1. The number of rotatable bonds is 4. The quantitative estimate of drug-likeness (QED) is 0.684. The van der Waals surface area contributed by atoms with Crippen molar-refractivity contribution in [1.29, 1.82) is 0 Å². The maximum absolute atomic E-state index is 12.3. The number of primary sulfonamides is 1. The summed E-state index contributed by atoms with van der Waals surface area (Å²) >= 11 is 0. The number of nitrogens with zero attached hydrogens (tertiary/aromatic N) is 2. The van der Waals surface area contributed by atoms with Gasteiger partial charge in [0.2, 0.25) is 10.0 Å². The number of aromatic nitrogens is 2. The predicted molar refractivity (Wildman–Crippen MR) is 76.2 cm³/mol. The van der Waals surface area contributed by atoms with Crippen LogP contribution in [0.1, 0.15) is 0 Å². The normalized spacial score (nSPS) is 12.3. The third-order valence-corrected chi connectivity index (χ3v) is 5.07. The van der Waals surface area contributed by atoms with Crippen molar-refractivity contribution in [3.05, 3.63) is 30.6 Å². The molecule has 0 bridgehead atoms. The first kappa shape index (κ1) is 15.3. The van der Waals surface area contributed by atoms with Gasteiger partial charge in [-0.05, 0) is 12.1 Å². The Morgan fingerprint density at radius 3 is 2.33 bits per heavy atom. The number of nitrogen functional groups attached to an aromatic ring is 1. The third kappa shape index (κ3) is 2.99. The van der Waals surface area contributed by atoms with Gasteiger partial charge in [-0.1, -0.05) is 12.1 Å². The minimum absolute atomic E-state index is 0.166. The Morgan fingerprint density at radius 1 is 1.19 bits per heavy atom. The van der Waals surface area contributed by atoms with Crippen molar-refractivity contribution in [2.24, 2.45) is 12.2 Å². The molecule has 0 spiro atoms. The molecule has 0 aliphatic rings. The summed E-state index contributed by atoms with van der Waals surface area (Å²) in [4.78, 5) is 3.34. The van der Waals surface area contributed by atoms with E-state index in [-0.39, 0.29) is 21.4 Å². The molecule has 2 aromatic rings. The molecular formula is C10H13N5O4S2. The Morgan fingerprint density at radius 2 is 1.81 bits per heavy atom. The average Bonchev–Trinajstić information content (AvgIpc) is 2.68. The first-order chi connectivity index (χ1) is 9.63. The van der Waals surface area contributed by atoms with Crippen LogP contribution in [-0.2, 0) is 27.1 Å². The molecule has 21 heavy (non-hydrogen) atoms. The Balaban J connectivity index is 2.53. The second kappa shape index (κ2) is 5.02. The molecule has 0 saturated heterocycles. The minimum atomic E-state index is -4.11. The largest absolute Gasteiger partial charge is 0.381 e. The van der Waals surface area contributed by atoms with Crippen molar-refractivity contribution in [2.75, 3.05) is 10.5 Å². The van der Waals surface area contributed by atoms with Gasteiger partial charge in [-0.25, -0.2) is 18.5 Å². The molecule has 0 aliphatic heterocycles. The molecule has 114 valence electrons. The van der Waals surface area contributed by atoms with Crippen LogP contribution < -0.4 is 15.6 Å². The van der Waals surface area contributed by atoms with E-state index in [2.05, 4.69) is 9.71 Å². The number of hydrogen-bond donors (Lipinski definition) is 3. The van der Waals surface area contributed by atoms with E-state index in [0.29, 0.717) is 0 Å². The number of nitrogens with one attached hydrogen (secondary N) is 1. The Labute approximate surface area is 121 Å². The average molecular weight is 331 g/mol. The van der Waals surface area contributed by atoms with Crippen molar-refractivity contribution in [3.8, 4) is 0 Å². The SMILES string of the molecule is Cn1cnc(N)c1S(=O)(=O)Nc1ccccc1S(N)(=O)=O. The highest BCUT2D eigenvalue weighted by molar-refractivity contribution is 7.93. The smallest absolute Gasteiger partial charge is 0.281 e. The summed E-state index contributed by atoms with van der Waals surface area (Å²) in [6.45, 7) is 0. The highest BCUT2D eigenvalue weighted by atomic mass is 32.2. The highest BCUT2D eigenvalue weighted by Crippen LogP contribution is 2.24. The summed E-state index contributed by atoms with van der Waals surface area (Å²) in [5.74, 6) is -0.196. The molecule has 0 unspecified atom stereocenters. The number of hydrogen-bond acceptors (Lipinski definition) is 6. The van der Waals surface area contributed by atoms with Gasteiger partial charge in [0.1, 0.15) is 4.90 Å². The van der Waals surface area contributed by atoms with Gasteiger partial charge in [0.15, 0.2) is 10.8 Å². The second-order valence-corrected chi connectivity index (χ2v) is 7.32. The number of aryl methyl sites for hydroxylation is 1. The number of nitrogens with two attached hydrogens (primary N) is 2. The van der Waals surface area contributed by atoms with E-state index >= 15 is 0 Å². The zero-order valence-corrected chi connectivity index (χ0v) is 12.5. The Kier molecular flexibility index (Phi) is 3.65. The fourth-order valence-electron chi connectivity index (χ4n) is 1.76. The van der Waals surface area contributed by atoms with Crippen LogP contribution in [-0.4, -0.2) is 26.4 Å². The van der Waals surface area contributed by atoms with E-state index in [1.165, 1.54) is 42.2 Å². The van der Waals surface area contributed by atoms with Crippen LogP contribution in [0.2, 0.25) is 0 Å². The third-order valence-electron chi connectivity index (χ3n) is 2.60. The molecule has 1 heterocycles. The lowest BCUT2D eigenvalue weighted by Gasteiger charge is -2.11. The summed E-state index contributed by atoms with van der Waals surface area (Å²) in [6.07, 6.45) is 1.23. The van der Waals surface area contributed by atoms with Gasteiger partial charge in [-0.2, -0.15) is 8.42 Å². The zero-order chi connectivity index (χ0) is 15.8. The summed E-state index contributed by atoms with van der Waals surface area (Å²) in [5.41, 5.74) is 5.34. The molecule has 0 radical (unpaired) electrons. The molecule has 5 N–H and O–H groups in total. The van der Waals surface area contributed by atoms with E-state index in [0.717, 1.165) is 0 Å². The molecule has 11 heteroatoms. The lowest BCUT2D eigenvalue weighted by molar-refractivity contribution is 0.591. The second-order valence-electron chi connectivity index (χ2n) is 4.19. The van der Waals surface area contributed by atoms with Crippen molar-refractivity contribution in [1.82, 2.24) is 9.55 Å². The van der Waals surface area contributed by atoms with Gasteiger partial charge in [0, 0.05) is 7.05 Å². The molecule has 0 aliphatic carbocycles. The molecule has 9 nitrogen and oxygen atoms in total. The van der Waals surface area contributed by atoms with E-state index in [9.17, 15) is 16.8 Å². The van der Waals surface area contributed by atoms with Crippen LogP contribution in [0.4, 0.5) is 11.5 Å². The number of anilines is 2. The number of para-hydroxylation sites is 1. The molecular weight excluding hydrogens is 318 g/mol. The monoisotopic (exact) mass is 331 g/mol. The van der Waals surface area contributed by atoms with Gasteiger partial charge in [0.25, 0.3) is 10.0 Å². The minimum Gasteiger partial charge on any atom is -0.381 e. The van der Waals surface area contributed by atoms with Crippen molar-refractivity contribution < 1.29 is 16.8 Å². The van der Waals surface area contributed by atoms with E-state index in [1.807, 2.05) is 0 Å². The molecule has 0 atom stereocenters. The van der Waals surface area contributed by atoms with Gasteiger partial charge in [-0.3, -0.25) is 4.72 Å². The highest BCUT2D eigenvalue weighted by Gasteiger charge is 2.25. The van der Waals surface area contributed by atoms with Crippen LogP contribution in [0, 0.1) is 0 Å². The topological polar surface area (TPSA) is 150 Å². The fourth-order valence-corrected chi connectivity index (χ4v) is 3.83. The summed E-state index contributed by atoms with van der Waals surface area (Å²) < 4.78 is 50.9. The molecule has 0 fully saturated rings. The summed E-state index contributed by atoms with van der Waals surface area (Å²) in [7, 11) is -6.74. The number of sulfonamides is 2. The summed E-state index contributed by atoms with van der Waals surface area (Å²) in [5, 5.41) is 4.78. The van der Waals surface area contributed by atoms with E-state index in [4.69, 9.17) is 10.9 Å². The van der Waals surface area contributed by atoms with Gasteiger partial charge >= 0.3 is 0 Å². The summed E-state index contributed by atoms with van der Waals surface area (Å²) in [6, 6.07) is 5.37. The lowest BCUT2D eigenvalue weighted by atomic mass is 10.3. The maximum Gasteiger partial charge on any atom is 0.281 e. The first-order valence-corrected chi connectivity index (χ1v) is 8.57. The maximum atomic E-state index is 12.3. The molecule has 1 aromatic carbocycles. The molecule has 1 aromatic heterocycles. The van der Waals surface area contributed by atoms with Crippen LogP contribution in [0.25, 0.3) is 0 Å². The van der Waals surface area contributed by atoms with Gasteiger partial charge < -0.3 is 10.3 Å². The Bertz CT molecular complexity index is 866.